The van der Waals surface area contributed by atoms with Crippen molar-refractivity contribution in [2.75, 3.05) is 11.9 Å². The van der Waals surface area contributed by atoms with Gasteiger partial charge >= 0.3 is 0 Å². The molecule has 0 spiro atoms. The number of carbonyl (C=O) groups is 1. The van der Waals surface area contributed by atoms with Crippen LogP contribution in [0.15, 0.2) is 12.4 Å². The summed E-state index contributed by atoms with van der Waals surface area (Å²) in [5.41, 5.74) is 0. The number of nitrogens with one attached hydrogen (secondary N) is 2. The second-order valence-corrected chi connectivity index (χ2v) is 2.93. The first-order chi connectivity index (χ1) is 6.36. The lowest BCUT2D eigenvalue weighted by atomic mass is 10.2. The summed E-state index contributed by atoms with van der Waals surface area (Å²) in [7, 11) is 0. The van der Waals surface area contributed by atoms with E-state index >= 15 is 0 Å². The monoisotopic (exact) mass is 181 g/mol. The average Bonchev–Trinajstić information content (AvgIpc) is 2.74. The van der Waals surface area contributed by atoms with Crippen molar-refractivity contribution in [1.29, 1.82) is 0 Å². The predicted octanol–water partition coefficient (Wildman–Crippen LogP) is 0.527. The van der Waals surface area contributed by atoms with Gasteiger partial charge in [-0.1, -0.05) is 0 Å². The molecular weight excluding hydrogens is 170 g/mol. The first-order valence-corrected chi connectivity index (χ1v) is 4.28. The van der Waals surface area contributed by atoms with Gasteiger partial charge in [0, 0.05) is 19.0 Å². The van der Waals surface area contributed by atoms with Gasteiger partial charge in [-0.25, -0.2) is 4.98 Å². The van der Waals surface area contributed by atoms with Crippen LogP contribution in [0.4, 0.5) is 5.95 Å². The number of aromatic amines is 1. The van der Waals surface area contributed by atoms with Gasteiger partial charge in [-0.3, -0.25) is 10.1 Å². The summed E-state index contributed by atoms with van der Waals surface area (Å²) in [4.78, 5) is 18.1. The van der Waals surface area contributed by atoms with E-state index in [-0.39, 0.29) is 12.0 Å². The van der Waals surface area contributed by atoms with Gasteiger partial charge in [-0.15, -0.1) is 0 Å². The van der Waals surface area contributed by atoms with E-state index < -0.39 is 0 Å². The lowest BCUT2D eigenvalue weighted by Crippen LogP contribution is -2.27. The Kier molecular flexibility index (Phi) is 2.27. The van der Waals surface area contributed by atoms with Gasteiger partial charge in [0.1, 0.15) is 6.10 Å². The molecule has 1 fully saturated rings. The molecule has 0 aliphatic carbocycles. The molecule has 0 unspecified atom stereocenters. The van der Waals surface area contributed by atoms with Crippen molar-refractivity contribution >= 4 is 11.9 Å². The van der Waals surface area contributed by atoms with Crippen LogP contribution in [0, 0.1) is 0 Å². The van der Waals surface area contributed by atoms with Crippen molar-refractivity contribution in [2.45, 2.75) is 18.9 Å². The molecule has 0 saturated carbocycles. The van der Waals surface area contributed by atoms with Crippen molar-refractivity contribution in [3.8, 4) is 0 Å². The molecule has 5 heteroatoms. The maximum atomic E-state index is 11.4. The largest absolute Gasteiger partial charge is 0.368 e. The number of anilines is 1. The highest BCUT2D eigenvalue weighted by Crippen LogP contribution is 2.13. The summed E-state index contributed by atoms with van der Waals surface area (Å²) in [6, 6.07) is 0. The molecule has 2 heterocycles. The van der Waals surface area contributed by atoms with E-state index in [1.807, 2.05) is 0 Å². The lowest BCUT2D eigenvalue weighted by Gasteiger charge is -2.07. The summed E-state index contributed by atoms with van der Waals surface area (Å²) >= 11 is 0. The van der Waals surface area contributed by atoms with Gasteiger partial charge in [0.2, 0.25) is 5.95 Å². The average molecular weight is 181 g/mol. The van der Waals surface area contributed by atoms with Gasteiger partial charge in [0.15, 0.2) is 0 Å². The van der Waals surface area contributed by atoms with E-state index in [2.05, 4.69) is 15.3 Å². The Morgan fingerprint density at radius 3 is 3.31 bits per heavy atom. The fraction of sp³-hybridized carbons (Fsp3) is 0.500. The van der Waals surface area contributed by atoms with Crippen molar-refractivity contribution < 1.29 is 9.53 Å². The highest BCUT2D eigenvalue weighted by molar-refractivity contribution is 5.92. The number of aromatic nitrogens is 2. The van der Waals surface area contributed by atoms with Crippen LogP contribution in [0.5, 0.6) is 0 Å². The first kappa shape index (κ1) is 8.25. The number of rotatable bonds is 2. The third-order valence-corrected chi connectivity index (χ3v) is 1.96. The molecule has 1 aliphatic heterocycles. The van der Waals surface area contributed by atoms with Gasteiger partial charge in [-0.2, -0.15) is 0 Å². The maximum absolute atomic E-state index is 11.4. The number of H-pyrrole nitrogens is 1. The van der Waals surface area contributed by atoms with E-state index in [0.29, 0.717) is 12.6 Å². The number of nitrogens with zero attached hydrogens (tertiary/aromatic N) is 1. The molecule has 1 aliphatic rings. The number of carbonyl (C=O) groups excluding carboxylic acids is 1. The van der Waals surface area contributed by atoms with Gasteiger partial charge in [0.05, 0.1) is 0 Å². The summed E-state index contributed by atoms with van der Waals surface area (Å²) < 4.78 is 5.21. The van der Waals surface area contributed by atoms with Crippen LogP contribution in [0.3, 0.4) is 0 Å². The third-order valence-electron chi connectivity index (χ3n) is 1.96. The van der Waals surface area contributed by atoms with Crippen LogP contribution in [0.2, 0.25) is 0 Å². The Bertz CT molecular complexity index is 278. The molecule has 0 radical (unpaired) electrons. The number of hydrogen-bond donors (Lipinski definition) is 2. The van der Waals surface area contributed by atoms with Crippen LogP contribution >= 0.6 is 0 Å². The van der Waals surface area contributed by atoms with Crippen LogP contribution < -0.4 is 5.32 Å². The van der Waals surface area contributed by atoms with E-state index in [4.69, 9.17) is 4.74 Å². The van der Waals surface area contributed by atoms with Crippen LogP contribution in [0.1, 0.15) is 12.8 Å². The van der Waals surface area contributed by atoms with Gasteiger partial charge < -0.3 is 9.72 Å². The molecule has 0 aromatic carbocycles. The smallest absolute Gasteiger partial charge is 0.255 e. The molecule has 1 saturated heterocycles. The second kappa shape index (κ2) is 3.57. The number of amides is 1. The zero-order valence-electron chi connectivity index (χ0n) is 7.12. The minimum Gasteiger partial charge on any atom is -0.368 e. The molecule has 2 rings (SSSR count). The fourth-order valence-electron chi connectivity index (χ4n) is 1.32. The van der Waals surface area contributed by atoms with Crippen LogP contribution in [0.25, 0.3) is 0 Å². The zero-order valence-corrected chi connectivity index (χ0v) is 7.12. The first-order valence-electron chi connectivity index (χ1n) is 4.28. The van der Waals surface area contributed by atoms with E-state index in [1.54, 1.807) is 12.4 Å². The zero-order chi connectivity index (χ0) is 9.10. The van der Waals surface area contributed by atoms with Crippen molar-refractivity contribution in [1.82, 2.24) is 9.97 Å². The van der Waals surface area contributed by atoms with E-state index in [0.717, 1.165) is 12.8 Å². The highest BCUT2D eigenvalue weighted by atomic mass is 16.5. The Hall–Kier alpha value is -1.36. The predicted molar refractivity (Wildman–Crippen MR) is 46.2 cm³/mol. The molecule has 1 atom stereocenters. The van der Waals surface area contributed by atoms with Crippen molar-refractivity contribution in [3.63, 3.8) is 0 Å². The standard InChI is InChI=1S/C8H11N3O2/c12-7(6-2-1-5-13-6)11-8-9-3-4-10-8/h3-4,6H,1-2,5H2,(H2,9,10,11,12)/t6-/m1/s1. The summed E-state index contributed by atoms with van der Waals surface area (Å²) in [6.45, 7) is 0.677. The molecular formula is C8H11N3O2. The van der Waals surface area contributed by atoms with Crippen molar-refractivity contribution in [2.24, 2.45) is 0 Å². The second-order valence-electron chi connectivity index (χ2n) is 2.93. The summed E-state index contributed by atoms with van der Waals surface area (Å²) in [5, 5.41) is 2.63. The fourth-order valence-corrected chi connectivity index (χ4v) is 1.32. The normalized spacial score (nSPS) is 21.7. The molecule has 5 nitrogen and oxygen atoms in total. The minimum absolute atomic E-state index is 0.118. The Morgan fingerprint density at radius 2 is 2.69 bits per heavy atom. The topological polar surface area (TPSA) is 67.0 Å². The highest BCUT2D eigenvalue weighted by Gasteiger charge is 2.23. The molecule has 0 bridgehead atoms. The maximum Gasteiger partial charge on any atom is 0.255 e. The summed E-state index contributed by atoms with van der Waals surface area (Å²) in [6.07, 6.45) is 4.70. The number of hydrogen-bond acceptors (Lipinski definition) is 3. The van der Waals surface area contributed by atoms with Crippen molar-refractivity contribution in [3.05, 3.63) is 12.4 Å². The Morgan fingerprint density at radius 1 is 1.77 bits per heavy atom. The number of imidazole rings is 1. The Balaban J connectivity index is 1.91. The lowest BCUT2D eigenvalue weighted by molar-refractivity contribution is -0.124. The Labute approximate surface area is 75.5 Å². The molecule has 1 amide bonds. The summed E-state index contributed by atoms with van der Waals surface area (Å²) in [5.74, 6) is 0.355. The SMILES string of the molecule is O=C(Nc1ncc[nH]1)[C@H]1CCCO1. The quantitative estimate of drug-likeness (QED) is 0.699. The molecule has 1 aromatic rings. The third kappa shape index (κ3) is 1.86. The van der Waals surface area contributed by atoms with Crippen LogP contribution in [-0.2, 0) is 9.53 Å². The van der Waals surface area contributed by atoms with Gasteiger partial charge in [-0.05, 0) is 12.8 Å². The number of ether oxygens (including phenoxy) is 1. The molecule has 70 valence electrons. The van der Waals surface area contributed by atoms with E-state index in [1.165, 1.54) is 0 Å². The van der Waals surface area contributed by atoms with Gasteiger partial charge in [0.25, 0.3) is 5.91 Å². The molecule has 13 heavy (non-hydrogen) atoms. The minimum atomic E-state index is -0.301. The molecule has 1 aromatic heterocycles. The van der Waals surface area contributed by atoms with E-state index in [9.17, 15) is 4.79 Å². The van der Waals surface area contributed by atoms with Crippen LogP contribution in [-0.4, -0.2) is 28.6 Å². The molecule has 2 N–H and O–H groups in total.